The van der Waals surface area contributed by atoms with E-state index in [-0.39, 0.29) is 28.6 Å². The number of hydrogen-bond acceptors (Lipinski definition) is 2. The molecule has 0 aromatic heterocycles. The van der Waals surface area contributed by atoms with E-state index < -0.39 is 0 Å². The number of anilines is 1. The summed E-state index contributed by atoms with van der Waals surface area (Å²) in [7, 11) is 0. The third kappa shape index (κ3) is 2.48. The van der Waals surface area contributed by atoms with Crippen LogP contribution in [0, 0.1) is 5.92 Å². The molecule has 1 aliphatic heterocycles. The van der Waals surface area contributed by atoms with Crippen molar-refractivity contribution in [3.8, 4) is 5.75 Å². The van der Waals surface area contributed by atoms with E-state index in [1.54, 1.807) is 6.07 Å². The number of benzene rings is 2. The van der Waals surface area contributed by atoms with E-state index in [0.29, 0.717) is 20.6 Å². The molecule has 6 heteroatoms. The highest BCUT2D eigenvalue weighted by Crippen LogP contribution is 2.54. The van der Waals surface area contributed by atoms with E-state index >= 15 is 0 Å². The summed E-state index contributed by atoms with van der Waals surface area (Å²) in [6.07, 6.45) is 5.24. The van der Waals surface area contributed by atoms with Crippen LogP contribution in [0.4, 0.5) is 5.69 Å². The van der Waals surface area contributed by atoms with Crippen molar-refractivity contribution in [3.05, 3.63) is 67.6 Å². The van der Waals surface area contributed by atoms with E-state index in [1.807, 2.05) is 12.1 Å². The lowest BCUT2D eigenvalue weighted by Gasteiger charge is -2.38. The maximum absolute atomic E-state index is 10.5. The number of nitrogens with one attached hydrogen (secondary N) is 1. The van der Waals surface area contributed by atoms with Gasteiger partial charge < -0.3 is 10.4 Å². The molecule has 2 nitrogen and oxygen atoms in total. The van der Waals surface area contributed by atoms with Crippen LogP contribution >= 0.6 is 46.4 Å². The van der Waals surface area contributed by atoms with Crippen LogP contribution in [0.15, 0.2) is 36.4 Å². The number of hydrogen-bond donors (Lipinski definition) is 2. The van der Waals surface area contributed by atoms with Gasteiger partial charge in [0.25, 0.3) is 0 Å². The maximum atomic E-state index is 10.5. The lowest BCUT2D eigenvalue weighted by Crippen LogP contribution is -2.29. The number of aromatic hydroxyl groups is 1. The van der Waals surface area contributed by atoms with Crippen molar-refractivity contribution >= 4 is 52.1 Å². The highest BCUT2D eigenvalue weighted by molar-refractivity contribution is 6.44. The fourth-order valence-corrected chi connectivity index (χ4v) is 4.63. The summed E-state index contributed by atoms with van der Waals surface area (Å²) < 4.78 is 0. The number of phenols is 1. The molecule has 124 valence electrons. The summed E-state index contributed by atoms with van der Waals surface area (Å²) in [4.78, 5) is 0. The SMILES string of the molecule is Oc1c(Cl)cc(Cl)cc1C1Nc2c(ccc(Cl)c2Cl)C2C=CCC21. The van der Waals surface area contributed by atoms with Gasteiger partial charge in [-0.1, -0.05) is 64.6 Å². The van der Waals surface area contributed by atoms with Crippen LogP contribution in [0.3, 0.4) is 0 Å². The minimum absolute atomic E-state index is 0.0471. The lowest BCUT2D eigenvalue weighted by atomic mass is 9.77. The van der Waals surface area contributed by atoms with Crippen molar-refractivity contribution in [2.75, 3.05) is 5.32 Å². The summed E-state index contributed by atoms with van der Waals surface area (Å²) in [6, 6.07) is 6.95. The van der Waals surface area contributed by atoms with E-state index in [2.05, 4.69) is 17.5 Å². The standard InChI is InChI=1S/C18H13Cl4NO/c19-8-6-12(18(24)14(21)7-8)16-10-3-1-2-9(10)11-4-5-13(20)15(22)17(11)23-16/h1-2,4-7,9-10,16,23-24H,3H2. The molecule has 2 N–H and O–H groups in total. The van der Waals surface area contributed by atoms with Gasteiger partial charge in [-0.3, -0.25) is 0 Å². The molecule has 0 saturated heterocycles. The average Bonchev–Trinajstić information content (AvgIpc) is 3.03. The topological polar surface area (TPSA) is 32.3 Å². The first-order valence-corrected chi connectivity index (χ1v) is 9.07. The Kier molecular flexibility index (Phi) is 4.12. The van der Waals surface area contributed by atoms with E-state index in [9.17, 15) is 5.11 Å². The smallest absolute Gasteiger partial charge is 0.139 e. The lowest BCUT2D eigenvalue weighted by molar-refractivity contribution is 0.402. The van der Waals surface area contributed by atoms with Gasteiger partial charge in [0.2, 0.25) is 0 Å². The van der Waals surface area contributed by atoms with Gasteiger partial charge in [0.1, 0.15) is 5.75 Å². The molecule has 3 atom stereocenters. The first-order chi connectivity index (χ1) is 11.5. The molecule has 0 saturated carbocycles. The number of phenolic OH excluding ortho intramolecular Hbond substituents is 1. The zero-order valence-electron chi connectivity index (χ0n) is 12.4. The molecule has 0 bridgehead atoms. The van der Waals surface area contributed by atoms with E-state index in [4.69, 9.17) is 46.4 Å². The highest BCUT2D eigenvalue weighted by atomic mass is 35.5. The van der Waals surface area contributed by atoms with E-state index in [1.165, 1.54) is 6.07 Å². The molecule has 2 aromatic carbocycles. The Labute approximate surface area is 160 Å². The number of allylic oxidation sites excluding steroid dienone is 2. The minimum atomic E-state index is -0.162. The molecule has 3 unspecified atom stereocenters. The normalized spacial score (nSPS) is 24.4. The molecular weight excluding hydrogens is 388 g/mol. The van der Waals surface area contributed by atoms with Crippen molar-refractivity contribution in [1.29, 1.82) is 0 Å². The van der Waals surface area contributed by atoms with Crippen LogP contribution in [-0.2, 0) is 0 Å². The Morgan fingerprint density at radius 2 is 1.79 bits per heavy atom. The Morgan fingerprint density at radius 3 is 2.58 bits per heavy atom. The molecule has 4 rings (SSSR count). The summed E-state index contributed by atoms with van der Waals surface area (Å²) >= 11 is 24.9. The van der Waals surface area contributed by atoms with Crippen molar-refractivity contribution < 1.29 is 5.11 Å². The third-order valence-corrected chi connectivity index (χ3v) is 6.13. The van der Waals surface area contributed by atoms with Gasteiger partial charge in [0.15, 0.2) is 0 Å². The zero-order chi connectivity index (χ0) is 17.0. The van der Waals surface area contributed by atoms with Crippen LogP contribution in [-0.4, -0.2) is 5.11 Å². The van der Waals surface area contributed by atoms with Gasteiger partial charge >= 0.3 is 0 Å². The largest absolute Gasteiger partial charge is 0.506 e. The van der Waals surface area contributed by atoms with Crippen molar-refractivity contribution in [2.24, 2.45) is 5.92 Å². The van der Waals surface area contributed by atoms with Gasteiger partial charge in [-0.2, -0.15) is 0 Å². The molecule has 2 aliphatic rings. The van der Waals surface area contributed by atoms with Gasteiger partial charge in [0, 0.05) is 16.5 Å². The molecule has 2 aromatic rings. The van der Waals surface area contributed by atoms with Crippen LogP contribution in [0.1, 0.15) is 29.5 Å². The first-order valence-electron chi connectivity index (χ1n) is 7.56. The summed E-state index contributed by atoms with van der Waals surface area (Å²) in [5, 5.41) is 15.6. The average molecular weight is 401 g/mol. The molecular formula is C18H13Cl4NO. The predicted molar refractivity (Wildman–Crippen MR) is 101 cm³/mol. The third-order valence-electron chi connectivity index (χ3n) is 4.82. The van der Waals surface area contributed by atoms with Crippen LogP contribution in [0.25, 0.3) is 0 Å². The molecule has 0 radical (unpaired) electrons. The molecule has 0 fully saturated rings. The number of rotatable bonds is 1. The second-order valence-corrected chi connectivity index (χ2v) is 7.76. The Balaban J connectivity index is 1.88. The maximum Gasteiger partial charge on any atom is 0.139 e. The van der Waals surface area contributed by atoms with E-state index in [0.717, 1.165) is 17.7 Å². The second kappa shape index (κ2) is 6.03. The highest BCUT2D eigenvalue weighted by Gasteiger charge is 2.40. The zero-order valence-corrected chi connectivity index (χ0v) is 15.4. The molecule has 24 heavy (non-hydrogen) atoms. The fourth-order valence-electron chi connectivity index (χ4n) is 3.73. The van der Waals surface area contributed by atoms with Crippen molar-refractivity contribution in [3.63, 3.8) is 0 Å². The van der Waals surface area contributed by atoms with Crippen molar-refractivity contribution in [2.45, 2.75) is 18.4 Å². The van der Waals surface area contributed by atoms with Crippen LogP contribution in [0.5, 0.6) is 5.75 Å². The van der Waals surface area contributed by atoms with Gasteiger partial charge in [-0.25, -0.2) is 0 Å². The molecule has 0 amide bonds. The first kappa shape index (κ1) is 16.4. The monoisotopic (exact) mass is 399 g/mol. The van der Waals surface area contributed by atoms with Crippen LogP contribution in [0.2, 0.25) is 20.1 Å². The van der Waals surface area contributed by atoms with Gasteiger partial charge in [0.05, 0.1) is 26.8 Å². The Hall–Kier alpha value is -1.06. The molecule has 0 spiro atoms. The minimum Gasteiger partial charge on any atom is -0.506 e. The molecule has 1 aliphatic carbocycles. The van der Waals surface area contributed by atoms with Crippen LogP contribution < -0.4 is 5.32 Å². The van der Waals surface area contributed by atoms with Gasteiger partial charge in [-0.05, 0) is 36.1 Å². The van der Waals surface area contributed by atoms with Crippen molar-refractivity contribution in [1.82, 2.24) is 0 Å². The summed E-state index contributed by atoms with van der Waals surface area (Å²) in [5.74, 6) is 0.499. The Bertz CT molecular complexity index is 865. The molecule has 1 heterocycles. The van der Waals surface area contributed by atoms with Gasteiger partial charge in [-0.15, -0.1) is 0 Å². The predicted octanol–water partition coefficient (Wildman–Crippen LogP) is 6.83. The number of halogens is 4. The summed E-state index contributed by atoms with van der Waals surface area (Å²) in [6.45, 7) is 0. The fraction of sp³-hybridized carbons (Fsp3) is 0.222. The number of fused-ring (bicyclic) bond motifs is 3. The second-order valence-electron chi connectivity index (χ2n) is 6.13. The quantitative estimate of drug-likeness (QED) is 0.514. The summed E-state index contributed by atoms with van der Waals surface area (Å²) in [5.41, 5.74) is 2.59. The Morgan fingerprint density at radius 1 is 1.00 bits per heavy atom.